The van der Waals surface area contributed by atoms with Gasteiger partial charge in [0.1, 0.15) is 16.9 Å². The average molecular weight is 369 g/mol. The SMILES string of the molecule is CCCCC(CC)COc1c(C)cc2oc3ccccc3c(=S)c2c1C. The Kier molecular flexibility index (Phi) is 5.98. The molecule has 3 heteroatoms. The minimum atomic E-state index is 0.605. The first-order chi connectivity index (χ1) is 12.6. The molecule has 3 aromatic rings. The molecule has 1 aromatic heterocycles. The minimum Gasteiger partial charge on any atom is -0.493 e. The van der Waals surface area contributed by atoms with Crippen LogP contribution in [0.4, 0.5) is 0 Å². The van der Waals surface area contributed by atoms with Gasteiger partial charge in [0, 0.05) is 16.3 Å². The van der Waals surface area contributed by atoms with Gasteiger partial charge >= 0.3 is 0 Å². The first-order valence-electron chi connectivity index (χ1n) is 9.65. The maximum Gasteiger partial charge on any atom is 0.136 e. The topological polar surface area (TPSA) is 22.4 Å². The molecule has 2 aromatic carbocycles. The molecule has 0 bridgehead atoms. The van der Waals surface area contributed by atoms with E-state index in [0.717, 1.165) is 56.4 Å². The molecule has 138 valence electrons. The summed E-state index contributed by atoms with van der Waals surface area (Å²) >= 11 is 5.79. The van der Waals surface area contributed by atoms with Gasteiger partial charge < -0.3 is 9.15 Å². The van der Waals surface area contributed by atoms with Crippen LogP contribution in [-0.4, -0.2) is 6.61 Å². The number of aryl methyl sites for hydroxylation is 2. The molecule has 1 unspecified atom stereocenters. The van der Waals surface area contributed by atoms with Gasteiger partial charge in [-0.15, -0.1) is 0 Å². The third-order valence-corrected chi connectivity index (χ3v) is 5.68. The second-order valence-corrected chi connectivity index (χ2v) is 7.58. The lowest BCUT2D eigenvalue weighted by Crippen LogP contribution is -2.12. The summed E-state index contributed by atoms with van der Waals surface area (Å²) in [5.74, 6) is 1.57. The molecule has 0 radical (unpaired) electrons. The highest BCUT2D eigenvalue weighted by atomic mass is 32.1. The predicted molar refractivity (Wildman–Crippen MR) is 113 cm³/mol. The standard InChI is InChI=1S/C23H28O2S/c1-5-7-10-17(6-2)14-24-22-15(3)13-20-21(16(22)4)23(26)18-11-8-9-12-19(18)25-20/h8-9,11-13,17H,5-7,10,14H2,1-4H3. The van der Waals surface area contributed by atoms with Gasteiger partial charge in [0.25, 0.3) is 0 Å². The van der Waals surface area contributed by atoms with E-state index in [4.69, 9.17) is 21.4 Å². The Morgan fingerprint density at radius 3 is 2.62 bits per heavy atom. The van der Waals surface area contributed by atoms with Gasteiger partial charge in [-0.25, -0.2) is 0 Å². The Hall–Kier alpha value is -1.87. The quantitative estimate of drug-likeness (QED) is 0.318. The van der Waals surface area contributed by atoms with Crippen LogP contribution in [0.15, 0.2) is 34.7 Å². The first-order valence-corrected chi connectivity index (χ1v) is 10.1. The highest BCUT2D eigenvalue weighted by molar-refractivity contribution is 7.72. The maximum atomic E-state index is 6.30. The van der Waals surface area contributed by atoms with Crippen molar-refractivity contribution in [1.82, 2.24) is 0 Å². The van der Waals surface area contributed by atoms with Crippen LogP contribution in [0.2, 0.25) is 0 Å². The van der Waals surface area contributed by atoms with E-state index in [2.05, 4.69) is 33.8 Å². The largest absolute Gasteiger partial charge is 0.493 e. The van der Waals surface area contributed by atoms with E-state index in [1.807, 2.05) is 24.3 Å². The number of rotatable bonds is 7. The normalized spacial score (nSPS) is 12.6. The maximum absolute atomic E-state index is 6.30. The van der Waals surface area contributed by atoms with Gasteiger partial charge in [0.2, 0.25) is 0 Å². The molecule has 26 heavy (non-hydrogen) atoms. The van der Waals surface area contributed by atoms with Crippen molar-refractivity contribution in [3.8, 4) is 5.75 Å². The summed E-state index contributed by atoms with van der Waals surface area (Å²) in [6.07, 6.45) is 4.88. The third kappa shape index (κ3) is 3.64. The molecule has 1 heterocycles. The van der Waals surface area contributed by atoms with Crippen LogP contribution in [0.25, 0.3) is 21.9 Å². The van der Waals surface area contributed by atoms with Crippen molar-refractivity contribution >= 4 is 34.2 Å². The molecule has 0 saturated carbocycles. The van der Waals surface area contributed by atoms with Crippen molar-refractivity contribution in [3.05, 3.63) is 46.0 Å². The number of hydrogen-bond donors (Lipinski definition) is 0. The molecule has 0 aliphatic rings. The van der Waals surface area contributed by atoms with Gasteiger partial charge in [-0.1, -0.05) is 57.5 Å². The summed E-state index contributed by atoms with van der Waals surface area (Å²) in [5, 5.41) is 1.99. The van der Waals surface area contributed by atoms with E-state index in [0.29, 0.717) is 5.92 Å². The fourth-order valence-electron chi connectivity index (χ4n) is 3.61. The van der Waals surface area contributed by atoms with Crippen molar-refractivity contribution in [3.63, 3.8) is 0 Å². The molecule has 0 saturated heterocycles. The molecule has 0 spiro atoms. The summed E-state index contributed by atoms with van der Waals surface area (Å²) in [4.78, 5) is 0. The van der Waals surface area contributed by atoms with E-state index in [1.165, 1.54) is 19.3 Å². The lowest BCUT2D eigenvalue weighted by molar-refractivity contribution is 0.231. The number of ether oxygens (including phenoxy) is 1. The Morgan fingerprint density at radius 2 is 1.88 bits per heavy atom. The second-order valence-electron chi connectivity index (χ2n) is 7.18. The van der Waals surface area contributed by atoms with Crippen molar-refractivity contribution in [2.45, 2.75) is 53.4 Å². The highest BCUT2D eigenvalue weighted by Gasteiger charge is 2.15. The van der Waals surface area contributed by atoms with Crippen molar-refractivity contribution in [1.29, 1.82) is 0 Å². The Labute approximate surface area is 161 Å². The van der Waals surface area contributed by atoms with Crippen LogP contribution in [0.3, 0.4) is 0 Å². The molecule has 0 aliphatic carbocycles. The van der Waals surface area contributed by atoms with E-state index in [1.54, 1.807) is 0 Å². The molecular weight excluding hydrogens is 340 g/mol. The zero-order valence-corrected chi connectivity index (χ0v) is 17.0. The fourth-order valence-corrected chi connectivity index (χ4v) is 4.03. The zero-order chi connectivity index (χ0) is 18.7. The monoisotopic (exact) mass is 368 g/mol. The molecule has 2 nitrogen and oxygen atoms in total. The Bertz CT molecular complexity index is 971. The summed E-state index contributed by atoms with van der Waals surface area (Å²) in [6, 6.07) is 10.0. The van der Waals surface area contributed by atoms with Gasteiger partial charge in [0.15, 0.2) is 0 Å². The minimum absolute atomic E-state index is 0.605. The highest BCUT2D eigenvalue weighted by Crippen LogP contribution is 2.35. The first kappa shape index (κ1) is 18.9. The molecule has 0 N–H and O–H groups in total. The third-order valence-electron chi connectivity index (χ3n) is 5.25. The van der Waals surface area contributed by atoms with Gasteiger partial charge in [0.05, 0.1) is 11.1 Å². The van der Waals surface area contributed by atoms with E-state index in [-0.39, 0.29) is 0 Å². The second kappa shape index (κ2) is 8.22. The van der Waals surface area contributed by atoms with Gasteiger partial charge in [-0.2, -0.15) is 0 Å². The Balaban J connectivity index is 2.02. The number of fused-ring (bicyclic) bond motifs is 2. The van der Waals surface area contributed by atoms with Crippen LogP contribution < -0.4 is 4.74 Å². The van der Waals surface area contributed by atoms with E-state index >= 15 is 0 Å². The lowest BCUT2D eigenvalue weighted by Gasteiger charge is -2.19. The van der Waals surface area contributed by atoms with Crippen LogP contribution in [0.5, 0.6) is 5.75 Å². The molecular formula is C23H28O2S. The van der Waals surface area contributed by atoms with E-state index in [9.17, 15) is 0 Å². The number of benzene rings is 2. The molecule has 0 amide bonds. The summed E-state index contributed by atoms with van der Waals surface area (Å²) < 4.78 is 13.3. The molecule has 1 atom stereocenters. The average Bonchev–Trinajstić information content (AvgIpc) is 2.63. The van der Waals surface area contributed by atoms with Crippen LogP contribution in [0, 0.1) is 24.3 Å². The zero-order valence-electron chi connectivity index (χ0n) is 16.2. The van der Waals surface area contributed by atoms with Crippen LogP contribution >= 0.6 is 12.2 Å². The summed E-state index contributed by atoms with van der Waals surface area (Å²) in [7, 11) is 0. The van der Waals surface area contributed by atoms with Crippen molar-refractivity contribution < 1.29 is 9.15 Å². The fraction of sp³-hybridized carbons (Fsp3) is 0.435. The lowest BCUT2D eigenvalue weighted by atomic mass is 10.00. The number of hydrogen-bond acceptors (Lipinski definition) is 3. The smallest absolute Gasteiger partial charge is 0.136 e. The predicted octanol–water partition coefficient (Wildman–Crippen LogP) is 7.53. The molecule has 0 fully saturated rings. The number of para-hydroxylation sites is 1. The van der Waals surface area contributed by atoms with Crippen LogP contribution in [-0.2, 0) is 0 Å². The Morgan fingerprint density at radius 1 is 1.12 bits per heavy atom. The summed E-state index contributed by atoms with van der Waals surface area (Å²) in [6.45, 7) is 9.43. The number of unbranched alkanes of at least 4 members (excludes halogenated alkanes) is 1. The van der Waals surface area contributed by atoms with E-state index < -0.39 is 0 Å². The molecule has 0 aliphatic heterocycles. The van der Waals surface area contributed by atoms with Crippen molar-refractivity contribution in [2.75, 3.05) is 6.61 Å². The van der Waals surface area contributed by atoms with Crippen molar-refractivity contribution in [2.24, 2.45) is 5.92 Å². The van der Waals surface area contributed by atoms with Crippen LogP contribution in [0.1, 0.15) is 50.7 Å². The van der Waals surface area contributed by atoms with Gasteiger partial charge in [-0.05, 0) is 49.9 Å². The van der Waals surface area contributed by atoms with Gasteiger partial charge in [-0.3, -0.25) is 0 Å². The summed E-state index contributed by atoms with van der Waals surface area (Å²) in [5.41, 5.74) is 3.87. The molecule has 3 rings (SSSR count).